The lowest BCUT2D eigenvalue weighted by atomic mass is 9.46. The number of carbonyl (C=O) groups excluding carboxylic acids is 1. The molecule has 0 aromatic carbocycles. The topological polar surface area (TPSA) is 54.0 Å². The Bertz CT molecular complexity index is 1050. The molecule has 40 heavy (non-hydrogen) atoms. The van der Waals surface area contributed by atoms with Crippen molar-refractivity contribution in [3.05, 3.63) is 11.6 Å². The first-order chi connectivity index (χ1) is 18.2. The molecule has 0 bridgehead atoms. The predicted octanol–water partition coefficient (Wildman–Crippen LogP) is 8.26. The number of hydrogen-bond acceptors (Lipinski definition) is 5. The third-order valence-corrected chi connectivity index (χ3v) is 22.2. The molecular formula is C33H58O5Si2. The number of ketones is 1. The van der Waals surface area contributed by atoms with Gasteiger partial charge in [-0.2, -0.15) is 0 Å². The van der Waals surface area contributed by atoms with E-state index >= 15 is 0 Å². The van der Waals surface area contributed by atoms with E-state index in [0.717, 1.165) is 38.5 Å². The number of fused-ring (bicyclic) bond motifs is 6. The van der Waals surface area contributed by atoms with Crippen LogP contribution in [0.5, 0.6) is 0 Å². The number of ether oxygens (including phenoxy) is 2. The summed E-state index contributed by atoms with van der Waals surface area (Å²) in [5, 5.41) is 0.273. The Hall–Kier alpha value is -0.316. The van der Waals surface area contributed by atoms with Crippen LogP contribution in [0.15, 0.2) is 11.6 Å². The molecule has 1 aliphatic heterocycles. The fourth-order valence-electron chi connectivity index (χ4n) is 8.69. The zero-order chi connectivity index (χ0) is 29.7. The van der Waals surface area contributed by atoms with E-state index in [-0.39, 0.29) is 50.9 Å². The van der Waals surface area contributed by atoms with Crippen molar-refractivity contribution >= 4 is 22.4 Å². The second-order valence-electron chi connectivity index (χ2n) is 17.4. The summed E-state index contributed by atoms with van der Waals surface area (Å²) in [6.07, 6.45) is 8.07. The molecule has 0 aromatic rings. The Morgan fingerprint density at radius 1 is 0.875 bits per heavy atom. The van der Waals surface area contributed by atoms with Gasteiger partial charge in [-0.1, -0.05) is 61.0 Å². The quantitative estimate of drug-likeness (QED) is 0.309. The second-order valence-corrected chi connectivity index (χ2v) is 26.9. The fraction of sp³-hybridized carbons (Fsp3) is 0.909. The summed E-state index contributed by atoms with van der Waals surface area (Å²) in [7, 11) is -4.00. The number of rotatable bonds is 4. The normalized spacial score (nSPS) is 40.0. The third-order valence-electron chi connectivity index (χ3n) is 13.1. The number of carbonyl (C=O) groups is 1. The first kappa shape index (κ1) is 31.1. The maximum atomic E-state index is 14.3. The molecule has 7 heteroatoms. The monoisotopic (exact) mass is 590 g/mol. The molecule has 7 atom stereocenters. The molecular weight excluding hydrogens is 533 g/mol. The van der Waals surface area contributed by atoms with Gasteiger partial charge in [0.2, 0.25) is 0 Å². The highest BCUT2D eigenvalue weighted by Gasteiger charge is 2.71. The van der Waals surface area contributed by atoms with E-state index in [4.69, 9.17) is 18.3 Å². The van der Waals surface area contributed by atoms with Gasteiger partial charge in [0.15, 0.2) is 28.2 Å². The van der Waals surface area contributed by atoms with Crippen molar-refractivity contribution in [2.75, 3.05) is 13.2 Å². The molecule has 4 aliphatic carbocycles. The van der Waals surface area contributed by atoms with Crippen molar-refractivity contribution in [3.8, 4) is 0 Å². The first-order valence-corrected chi connectivity index (χ1v) is 21.9. The van der Waals surface area contributed by atoms with E-state index in [1.807, 2.05) is 0 Å². The molecule has 0 unspecified atom stereocenters. The summed E-state index contributed by atoms with van der Waals surface area (Å²) in [5.41, 5.74) is 1.05. The van der Waals surface area contributed by atoms with Crippen LogP contribution in [-0.4, -0.2) is 53.6 Å². The van der Waals surface area contributed by atoms with Gasteiger partial charge in [0.05, 0.1) is 19.3 Å². The van der Waals surface area contributed by atoms with Crippen LogP contribution in [0.3, 0.4) is 0 Å². The Labute approximate surface area is 246 Å². The van der Waals surface area contributed by atoms with E-state index in [9.17, 15) is 4.79 Å². The molecule has 0 N–H and O–H groups in total. The Kier molecular flexibility index (Phi) is 7.46. The zero-order valence-electron chi connectivity index (χ0n) is 27.7. The Morgan fingerprint density at radius 3 is 2.02 bits per heavy atom. The van der Waals surface area contributed by atoms with Gasteiger partial charge in [-0.25, -0.2) is 0 Å². The predicted molar refractivity (Wildman–Crippen MR) is 166 cm³/mol. The molecule has 4 fully saturated rings. The van der Waals surface area contributed by atoms with Crippen molar-refractivity contribution < 1.29 is 23.1 Å². The molecule has 5 aliphatic rings. The van der Waals surface area contributed by atoms with E-state index in [0.29, 0.717) is 19.0 Å². The Balaban J connectivity index is 1.54. The van der Waals surface area contributed by atoms with Crippen LogP contribution < -0.4 is 0 Å². The van der Waals surface area contributed by atoms with Gasteiger partial charge in [0.25, 0.3) is 0 Å². The molecule has 1 saturated heterocycles. The molecule has 1 heterocycles. The largest absolute Gasteiger partial charge is 0.414 e. The minimum Gasteiger partial charge on any atom is -0.414 e. The average Bonchev–Trinajstić information content (AvgIpc) is 3.38. The van der Waals surface area contributed by atoms with Gasteiger partial charge in [-0.05, 0) is 85.8 Å². The van der Waals surface area contributed by atoms with Gasteiger partial charge < -0.3 is 18.3 Å². The summed E-state index contributed by atoms with van der Waals surface area (Å²) < 4.78 is 27.3. The lowest BCUT2D eigenvalue weighted by molar-refractivity contribution is -0.252. The Morgan fingerprint density at radius 2 is 1.45 bits per heavy atom. The van der Waals surface area contributed by atoms with Gasteiger partial charge >= 0.3 is 0 Å². The van der Waals surface area contributed by atoms with Gasteiger partial charge in [0.1, 0.15) is 0 Å². The maximum Gasteiger partial charge on any atom is 0.192 e. The molecule has 3 saturated carbocycles. The lowest BCUT2D eigenvalue weighted by Gasteiger charge is -2.61. The summed E-state index contributed by atoms with van der Waals surface area (Å²) in [4.78, 5) is 14.3. The van der Waals surface area contributed by atoms with Gasteiger partial charge in [-0.3, -0.25) is 4.79 Å². The fourth-order valence-corrected chi connectivity index (χ4v) is 11.4. The molecule has 5 rings (SSSR count). The summed E-state index contributed by atoms with van der Waals surface area (Å²) in [6.45, 7) is 29.5. The summed E-state index contributed by atoms with van der Waals surface area (Å²) >= 11 is 0. The molecule has 228 valence electrons. The van der Waals surface area contributed by atoms with Gasteiger partial charge in [0, 0.05) is 29.8 Å². The van der Waals surface area contributed by atoms with E-state index in [1.54, 1.807) is 0 Å². The van der Waals surface area contributed by atoms with E-state index < -0.39 is 22.4 Å². The zero-order valence-corrected chi connectivity index (χ0v) is 29.7. The number of allylic oxidation sites excluding steroid dienone is 1. The highest BCUT2D eigenvalue weighted by Crippen LogP contribution is 2.69. The SMILES string of the molecule is CC(C)(C)[Si](C)(C)O[C@H]1CC[C@@]2(C)C(=CC(=O)[C@@H]3[C@@H]2[C@@H](O[Si](C)(C)C(C)(C)C)C[C@@]2(C)[C@H]3CCC23OCCO3)C1. The first-order valence-electron chi connectivity index (χ1n) is 16.1. The molecule has 0 radical (unpaired) electrons. The van der Waals surface area contributed by atoms with Crippen LogP contribution in [0.1, 0.15) is 93.9 Å². The van der Waals surface area contributed by atoms with Crippen molar-refractivity contribution in [2.45, 2.75) is 148 Å². The van der Waals surface area contributed by atoms with Crippen LogP contribution >= 0.6 is 0 Å². The minimum absolute atomic E-state index is 0.0189. The third kappa shape index (κ3) is 4.63. The summed E-state index contributed by atoms with van der Waals surface area (Å²) in [6, 6.07) is 0. The minimum atomic E-state index is -2.11. The van der Waals surface area contributed by atoms with Crippen LogP contribution in [0.2, 0.25) is 36.3 Å². The lowest BCUT2D eigenvalue weighted by Crippen LogP contribution is -2.64. The molecule has 1 spiro atoms. The molecule has 0 amide bonds. The van der Waals surface area contributed by atoms with Crippen LogP contribution in [0.25, 0.3) is 0 Å². The summed E-state index contributed by atoms with van der Waals surface area (Å²) in [5.74, 6) is 0.167. The average molecular weight is 591 g/mol. The van der Waals surface area contributed by atoms with Crippen LogP contribution in [-0.2, 0) is 23.1 Å². The van der Waals surface area contributed by atoms with Gasteiger partial charge in [-0.15, -0.1) is 0 Å². The van der Waals surface area contributed by atoms with Crippen molar-refractivity contribution in [2.24, 2.45) is 28.6 Å². The maximum absolute atomic E-state index is 14.3. The number of hydrogen-bond donors (Lipinski definition) is 0. The van der Waals surface area contributed by atoms with E-state index in [2.05, 4.69) is 87.7 Å². The van der Waals surface area contributed by atoms with Crippen molar-refractivity contribution in [3.63, 3.8) is 0 Å². The second kappa shape index (κ2) is 9.59. The van der Waals surface area contributed by atoms with Crippen molar-refractivity contribution in [1.29, 1.82) is 0 Å². The highest BCUT2D eigenvalue weighted by atomic mass is 28.4. The van der Waals surface area contributed by atoms with Crippen LogP contribution in [0.4, 0.5) is 0 Å². The molecule has 5 nitrogen and oxygen atoms in total. The highest BCUT2D eigenvalue weighted by molar-refractivity contribution is 6.74. The standard InChI is InChI=1S/C33H58O5Si2/c1-29(2,3)39(9,10)37-23-13-15-31(7)22(19-23)20-25(34)27-24-14-16-33(35-17-18-36-33)32(24,8)21-26(28(27)31)38-40(11,12)30(4,5)6/h20,23-24,26-28H,13-19,21H2,1-12H3/t23-,24-,26-,27+,28-,31-,32-/m0/s1. The molecule has 0 aromatic heterocycles. The van der Waals surface area contributed by atoms with Crippen molar-refractivity contribution in [1.82, 2.24) is 0 Å². The van der Waals surface area contributed by atoms with Crippen LogP contribution in [0, 0.1) is 28.6 Å². The van der Waals surface area contributed by atoms with E-state index in [1.165, 1.54) is 5.57 Å². The smallest absolute Gasteiger partial charge is 0.192 e.